The summed E-state index contributed by atoms with van der Waals surface area (Å²) >= 11 is 3.47. The number of esters is 1. The van der Waals surface area contributed by atoms with Gasteiger partial charge in [0.2, 0.25) is 5.82 Å². The fourth-order valence-electron chi connectivity index (χ4n) is 3.73. The maximum absolute atomic E-state index is 13.5. The largest absolute Gasteiger partial charge is 0.478 e. The van der Waals surface area contributed by atoms with Crippen molar-refractivity contribution in [2.24, 2.45) is 5.10 Å². The smallest absolute Gasteiger partial charge is 0.346 e. The van der Waals surface area contributed by atoms with Gasteiger partial charge in [-0.05, 0) is 55.5 Å². The molecule has 9 heteroatoms. The Morgan fingerprint density at radius 3 is 2.72 bits per heavy atom. The second kappa shape index (κ2) is 9.79. The second-order valence-corrected chi connectivity index (χ2v) is 8.84. The number of ether oxygens (including phenoxy) is 2. The Labute approximate surface area is 213 Å². The quantitative estimate of drug-likeness (QED) is 0.209. The average Bonchev–Trinajstić information content (AvgIpc) is 3.31. The predicted octanol–water partition coefficient (Wildman–Crippen LogP) is 5.39. The van der Waals surface area contributed by atoms with Crippen molar-refractivity contribution in [3.8, 4) is 17.3 Å². The first kappa shape index (κ1) is 23.5. The summed E-state index contributed by atoms with van der Waals surface area (Å²) in [5.74, 6) is 0.558. The van der Waals surface area contributed by atoms with E-state index in [4.69, 9.17) is 18.9 Å². The number of carbonyl (C=O) groups is 1. The van der Waals surface area contributed by atoms with E-state index in [1.807, 2.05) is 30.3 Å². The number of halogens is 1. The first-order chi connectivity index (χ1) is 17.4. The van der Waals surface area contributed by atoms with Gasteiger partial charge in [0.05, 0.1) is 24.2 Å². The number of aromatic nitrogens is 2. The molecule has 0 bridgehead atoms. The number of hydrogen-bond acceptors (Lipinski definition) is 7. The maximum Gasteiger partial charge on any atom is 0.346 e. The van der Waals surface area contributed by atoms with Gasteiger partial charge in [-0.3, -0.25) is 4.79 Å². The molecule has 0 saturated heterocycles. The van der Waals surface area contributed by atoms with E-state index in [0.717, 1.165) is 9.86 Å². The number of furan rings is 1. The minimum atomic E-state index is -0.819. The van der Waals surface area contributed by atoms with E-state index < -0.39 is 12.1 Å². The minimum Gasteiger partial charge on any atom is -0.478 e. The number of nitrogens with zero attached hydrogens (tertiary/aromatic N) is 3. The highest BCUT2D eigenvalue weighted by atomic mass is 79.9. The van der Waals surface area contributed by atoms with E-state index in [1.54, 1.807) is 49.4 Å². The number of methoxy groups -OCH3 is 1. The highest BCUT2D eigenvalue weighted by Gasteiger charge is 2.18. The van der Waals surface area contributed by atoms with Crippen LogP contribution in [0.2, 0.25) is 0 Å². The van der Waals surface area contributed by atoms with Crippen molar-refractivity contribution in [2.45, 2.75) is 13.0 Å². The third-order valence-electron chi connectivity index (χ3n) is 5.52. The van der Waals surface area contributed by atoms with Crippen LogP contribution in [0.15, 0.2) is 91.6 Å². The molecule has 8 nitrogen and oxygen atoms in total. The first-order valence-electron chi connectivity index (χ1n) is 11.0. The van der Waals surface area contributed by atoms with E-state index in [9.17, 15) is 9.59 Å². The van der Waals surface area contributed by atoms with Crippen LogP contribution in [0.4, 0.5) is 0 Å². The van der Waals surface area contributed by atoms with Gasteiger partial charge >= 0.3 is 5.97 Å². The Kier molecular flexibility index (Phi) is 6.39. The lowest BCUT2D eigenvalue weighted by Gasteiger charge is -2.14. The Hall–Kier alpha value is -4.24. The minimum absolute atomic E-state index is 0.253. The zero-order valence-electron chi connectivity index (χ0n) is 19.3. The van der Waals surface area contributed by atoms with Gasteiger partial charge in [-0.15, -0.1) is 0 Å². The molecule has 0 amide bonds. The molecule has 0 aliphatic rings. The normalized spacial score (nSPS) is 12.3. The third-order valence-corrected chi connectivity index (χ3v) is 6.01. The number of carbonyl (C=O) groups excluding carboxylic acids is 1. The van der Waals surface area contributed by atoms with Crippen LogP contribution in [-0.4, -0.2) is 35.1 Å². The molecule has 0 unspecified atom stereocenters. The molecule has 3 aromatic carbocycles. The van der Waals surface area contributed by atoms with Gasteiger partial charge in [-0.1, -0.05) is 40.2 Å². The van der Waals surface area contributed by atoms with Crippen molar-refractivity contribution < 1.29 is 18.7 Å². The van der Waals surface area contributed by atoms with Crippen LogP contribution in [0.25, 0.3) is 33.5 Å². The molecule has 5 rings (SSSR count). The van der Waals surface area contributed by atoms with Gasteiger partial charge in [0.25, 0.3) is 5.56 Å². The van der Waals surface area contributed by atoms with Gasteiger partial charge < -0.3 is 13.9 Å². The molecule has 0 aliphatic carbocycles. The topological polar surface area (TPSA) is 95.9 Å². The molecular weight excluding hydrogens is 526 g/mol. The van der Waals surface area contributed by atoms with Crippen LogP contribution in [-0.2, 0) is 9.53 Å². The third kappa shape index (κ3) is 4.52. The van der Waals surface area contributed by atoms with Crippen LogP contribution in [0, 0.1) is 0 Å². The van der Waals surface area contributed by atoms with Crippen molar-refractivity contribution in [3.05, 3.63) is 93.2 Å². The molecule has 1 atom stereocenters. The molecular formula is C27H20BrN3O5. The van der Waals surface area contributed by atoms with Gasteiger partial charge in [0, 0.05) is 15.4 Å². The molecule has 0 spiro atoms. The molecule has 0 saturated carbocycles. The van der Waals surface area contributed by atoms with Crippen LogP contribution in [0.1, 0.15) is 12.5 Å². The summed E-state index contributed by atoms with van der Waals surface area (Å²) in [6.45, 7) is 1.59. The monoisotopic (exact) mass is 545 g/mol. The summed E-state index contributed by atoms with van der Waals surface area (Å²) in [5, 5.41) is 5.75. The Morgan fingerprint density at radius 1 is 1.11 bits per heavy atom. The Bertz CT molecular complexity index is 1690. The summed E-state index contributed by atoms with van der Waals surface area (Å²) in [4.78, 5) is 30.0. The van der Waals surface area contributed by atoms with Crippen molar-refractivity contribution >= 4 is 50.0 Å². The lowest BCUT2D eigenvalue weighted by atomic mass is 10.2. The van der Waals surface area contributed by atoms with Gasteiger partial charge in [-0.25, -0.2) is 9.78 Å². The van der Waals surface area contributed by atoms with Crippen molar-refractivity contribution in [1.82, 2.24) is 9.66 Å². The van der Waals surface area contributed by atoms with Gasteiger partial charge in [-0.2, -0.15) is 9.78 Å². The zero-order valence-corrected chi connectivity index (χ0v) is 20.9. The predicted molar refractivity (Wildman–Crippen MR) is 140 cm³/mol. The van der Waals surface area contributed by atoms with E-state index in [-0.39, 0.29) is 11.4 Å². The van der Waals surface area contributed by atoms with E-state index >= 15 is 0 Å². The molecule has 2 heterocycles. The summed E-state index contributed by atoms with van der Waals surface area (Å²) in [6, 6.07) is 21.6. The molecule has 0 N–H and O–H groups in total. The average molecular weight is 546 g/mol. The lowest BCUT2D eigenvalue weighted by Crippen LogP contribution is -2.25. The maximum atomic E-state index is 13.5. The number of benzene rings is 3. The summed E-state index contributed by atoms with van der Waals surface area (Å²) in [5.41, 5.74) is 1.39. The van der Waals surface area contributed by atoms with E-state index in [0.29, 0.717) is 33.6 Å². The lowest BCUT2D eigenvalue weighted by molar-refractivity contribution is -0.147. The second-order valence-electron chi connectivity index (χ2n) is 7.93. The SMILES string of the molecule is COC(=O)[C@H](C)Oc1ccccc1C=Nn1c(-c2cc3cc(Br)ccc3o2)nc2ccccc2c1=O. The Balaban J connectivity index is 1.64. The van der Waals surface area contributed by atoms with E-state index in [1.165, 1.54) is 18.0 Å². The van der Waals surface area contributed by atoms with Gasteiger partial charge in [0.15, 0.2) is 11.9 Å². The summed E-state index contributed by atoms with van der Waals surface area (Å²) < 4.78 is 18.6. The Morgan fingerprint density at radius 2 is 1.89 bits per heavy atom. The molecule has 5 aromatic rings. The molecule has 2 aromatic heterocycles. The highest BCUT2D eigenvalue weighted by molar-refractivity contribution is 9.10. The molecule has 36 heavy (non-hydrogen) atoms. The van der Waals surface area contributed by atoms with Crippen LogP contribution in [0.3, 0.4) is 0 Å². The van der Waals surface area contributed by atoms with Crippen molar-refractivity contribution in [2.75, 3.05) is 7.11 Å². The van der Waals surface area contributed by atoms with Crippen molar-refractivity contribution in [1.29, 1.82) is 0 Å². The number of fused-ring (bicyclic) bond motifs is 2. The first-order valence-corrected chi connectivity index (χ1v) is 11.8. The van der Waals surface area contributed by atoms with Gasteiger partial charge in [0.1, 0.15) is 11.3 Å². The highest BCUT2D eigenvalue weighted by Crippen LogP contribution is 2.29. The summed E-state index contributed by atoms with van der Waals surface area (Å²) in [6.07, 6.45) is 0.667. The van der Waals surface area contributed by atoms with Crippen LogP contribution < -0.4 is 10.3 Å². The van der Waals surface area contributed by atoms with E-state index in [2.05, 4.69) is 21.0 Å². The number of hydrogen-bond donors (Lipinski definition) is 0. The number of para-hydroxylation sites is 2. The molecule has 0 fully saturated rings. The van der Waals surface area contributed by atoms with Crippen molar-refractivity contribution in [3.63, 3.8) is 0 Å². The molecule has 180 valence electrons. The summed E-state index contributed by atoms with van der Waals surface area (Å²) in [7, 11) is 1.30. The fourth-order valence-corrected chi connectivity index (χ4v) is 4.11. The fraction of sp³-hybridized carbons (Fsp3) is 0.111. The molecule has 0 radical (unpaired) electrons. The van der Waals surface area contributed by atoms with Crippen LogP contribution >= 0.6 is 15.9 Å². The zero-order chi connectivity index (χ0) is 25.2. The molecule has 0 aliphatic heterocycles. The number of rotatable bonds is 6. The van der Waals surface area contributed by atoms with Crippen LogP contribution in [0.5, 0.6) is 5.75 Å². The standard InChI is InChI=1S/C27H20BrN3O5/c1-16(27(33)34-2)35-22-10-6-3-7-17(22)15-29-31-25(30-21-9-5-4-8-20(21)26(31)32)24-14-18-13-19(28)11-12-23(18)36-24/h3-16H,1-2H3/t16-/m0/s1.